The maximum absolute atomic E-state index is 12.6. The van der Waals surface area contributed by atoms with Crippen LogP contribution in [0.15, 0.2) is 57.5 Å². The number of carbonyl (C=O) groups excluding carboxylic acids is 1. The molecule has 3 aromatic rings. The minimum Gasteiger partial charge on any atom is -0.352 e. The highest BCUT2D eigenvalue weighted by atomic mass is 79.9. The van der Waals surface area contributed by atoms with Crippen LogP contribution in [-0.4, -0.2) is 34.0 Å². The van der Waals surface area contributed by atoms with E-state index in [1.807, 2.05) is 48.5 Å². The Morgan fingerprint density at radius 3 is 2.73 bits per heavy atom. The number of amides is 1. The van der Waals surface area contributed by atoms with Crippen LogP contribution in [0.2, 0.25) is 5.02 Å². The maximum atomic E-state index is 12.6. The lowest BCUT2D eigenvalue weighted by Crippen LogP contribution is -2.42. The third-order valence-electron chi connectivity index (χ3n) is 5.19. The summed E-state index contributed by atoms with van der Waals surface area (Å²) in [6.45, 7) is 2.65. The van der Waals surface area contributed by atoms with Crippen molar-refractivity contribution in [1.29, 1.82) is 0 Å². The third-order valence-corrected chi connectivity index (χ3v) is 5.97. The van der Waals surface area contributed by atoms with Crippen LogP contribution in [0.3, 0.4) is 0 Å². The molecular weight excluding hydrogens is 468 g/mol. The molecule has 0 aliphatic carbocycles. The summed E-state index contributed by atoms with van der Waals surface area (Å²) in [4.78, 5) is 19.3. The fourth-order valence-corrected chi connectivity index (χ4v) is 3.97. The number of carbonyl (C=O) groups is 1. The van der Waals surface area contributed by atoms with Gasteiger partial charge in [0.05, 0.1) is 12.5 Å². The van der Waals surface area contributed by atoms with Gasteiger partial charge in [-0.15, -0.1) is 0 Å². The number of benzene rings is 2. The summed E-state index contributed by atoms with van der Waals surface area (Å²) < 4.78 is 6.44. The summed E-state index contributed by atoms with van der Waals surface area (Å²) in [5.41, 5.74) is 1.94. The molecule has 156 valence electrons. The highest BCUT2D eigenvalue weighted by Crippen LogP contribution is 2.22. The Balaban J connectivity index is 1.31. The fourth-order valence-electron chi connectivity index (χ4n) is 3.58. The van der Waals surface area contributed by atoms with E-state index in [1.165, 1.54) is 0 Å². The Morgan fingerprint density at radius 2 is 1.97 bits per heavy atom. The minimum atomic E-state index is -0.0417. The summed E-state index contributed by atoms with van der Waals surface area (Å²) in [6.07, 6.45) is 1.85. The largest absolute Gasteiger partial charge is 0.352 e. The molecule has 1 saturated heterocycles. The molecule has 0 radical (unpaired) electrons. The second-order valence-electron chi connectivity index (χ2n) is 7.44. The molecule has 1 unspecified atom stereocenters. The quantitative estimate of drug-likeness (QED) is 0.544. The van der Waals surface area contributed by atoms with Gasteiger partial charge in [-0.2, -0.15) is 4.98 Å². The summed E-state index contributed by atoms with van der Waals surface area (Å²) >= 11 is 9.33. The standard InChI is InChI=1S/C22H22BrClN4O2/c23-18-7-5-16(6-8-18)21-26-20(30-27-21)14-28-11-1-2-17(13-28)22(29)25-12-15-3-9-19(24)10-4-15/h3-10,17H,1-2,11-14H2,(H,25,29). The van der Waals surface area contributed by atoms with E-state index in [1.54, 1.807) is 0 Å². The van der Waals surface area contributed by atoms with Crippen LogP contribution in [0.5, 0.6) is 0 Å². The van der Waals surface area contributed by atoms with Gasteiger partial charge in [0.1, 0.15) is 0 Å². The van der Waals surface area contributed by atoms with E-state index < -0.39 is 0 Å². The number of rotatable bonds is 6. The van der Waals surface area contributed by atoms with Gasteiger partial charge in [0.25, 0.3) is 0 Å². The molecule has 6 nitrogen and oxygen atoms in total. The van der Waals surface area contributed by atoms with Crippen LogP contribution in [0, 0.1) is 5.92 Å². The van der Waals surface area contributed by atoms with Gasteiger partial charge in [0.15, 0.2) is 0 Å². The minimum absolute atomic E-state index is 0.0417. The Labute approximate surface area is 188 Å². The first-order valence-corrected chi connectivity index (χ1v) is 11.1. The van der Waals surface area contributed by atoms with Gasteiger partial charge in [0.2, 0.25) is 17.6 Å². The smallest absolute Gasteiger partial charge is 0.241 e. The molecule has 1 N–H and O–H groups in total. The third kappa shape index (κ3) is 5.47. The molecule has 1 amide bonds. The van der Waals surface area contributed by atoms with Crippen LogP contribution in [-0.2, 0) is 17.9 Å². The molecule has 2 aromatic carbocycles. The van der Waals surface area contributed by atoms with Crippen molar-refractivity contribution in [2.75, 3.05) is 13.1 Å². The highest BCUT2D eigenvalue weighted by Gasteiger charge is 2.26. The van der Waals surface area contributed by atoms with Crippen molar-refractivity contribution in [3.05, 3.63) is 69.5 Å². The monoisotopic (exact) mass is 488 g/mol. The molecule has 1 atom stereocenters. The van der Waals surface area contributed by atoms with E-state index in [-0.39, 0.29) is 11.8 Å². The number of halogens is 2. The van der Waals surface area contributed by atoms with E-state index in [0.29, 0.717) is 36.4 Å². The molecule has 2 heterocycles. The predicted molar refractivity (Wildman–Crippen MR) is 119 cm³/mol. The van der Waals surface area contributed by atoms with Gasteiger partial charge in [-0.25, -0.2) is 0 Å². The lowest BCUT2D eigenvalue weighted by molar-refractivity contribution is -0.127. The summed E-state index contributed by atoms with van der Waals surface area (Å²) in [5.74, 6) is 1.18. The predicted octanol–water partition coefficient (Wildman–Crippen LogP) is 4.68. The van der Waals surface area contributed by atoms with Crippen LogP contribution < -0.4 is 5.32 Å². The summed E-state index contributed by atoms with van der Waals surface area (Å²) in [6, 6.07) is 15.3. The number of nitrogens with zero attached hydrogens (tertiary/aromatic N) is 3. The highest BCUT2D eigenvalue weighted by molar-refractivity contribution is 9.10. The Hall–Kier alpha value is -2.22. The van der Waals surface area contributed by atoms with Gasteiger partial charge in [0, 0.05) is 28.1 Å². The van der Waals surface area contributed by atoms with Gasteiger partial charge in [-0.1, -0.05) is 44.8 Å². The van der Waals surface area contributed by atoms with Gasteiger partial charge < -0.3 is 9.84 Å². The Bertz CT molecular complexity index is 991. The van der Waals surface area contributed by atoms with Gasteiger partial charge in [-0.3, -0.25) is 9.69 Å². The summed E-state index contributed by atoms with van der Waals surface area (Å²) in [7, 11) is 0. The van der Waals surface area contributed by atoms with Crippen LogP contribution in [0.4, 0.5) is 0 Å². The van der Waals surface area contributed by atoms with E-state index in [4.69, 9.17) is 16.1 Å². The molecule has 0 spiro atoms. The van der Waals surface area contributed by atoms with Crippen molar-refractivity contribution in [2.24, 2.45) is 5.92 Å². The number of nitrogens with one attached hydrogen (secondary N) is 1. The molecule has 1 aliphatic rings. The zero-order valence-corrected chi connectivity index (χ0v) is 18.7. The Kier molecular flexibility index (Phi) is 6.82. The molecule has 8 heteroatoms. The SMILES string of the molecule is O=C(NCc1ccc(Cl)cc1)C1CCCN(Cc2nc(-c3ccc(Br)cc3)no2)C1. The summed E-state index contributed by atoms with van der Waals surface area (Å²) in [5, 5.41) is 7.82. The van der Waals surface area contributed by atoms with Crippen molar-refractivity contribution in [2.45, 2.75) is 25.9 Å². The second-order valence-corrected chi connectivity index (χ2v) is 8.79. The zero-order chi connectivity index (χ0) is 20.9. The number of piperidine rings is 1. The fraction of sp³-hybridized carbons (Fsp3) is 0.318. The topological polar surface area (TPSA) is 71.3 Å². The lowest BCUT2D eigenvalue weighted by atomic mass is 9.97. The van der Waals surface area contributed by atoms with E-state index in [2.05, 4.69) is 36.3 Å². The maximum Gasteiger partial charge on any atom is 0.241 e. The molecule has 30 heavy (non-hydrogen) atoms. The average molecular weight is 490 g/mol. The van der Waals surface area contributed by atoms with Crippen LogP contribution in [0.1, 0.15) is 24.3 Å². The molecular formula is C22H22BrClN4O2. The molecule has 1 aliphatic heterocycles. The van der Waals surface area contributed by atoms with E-state index in [0.717, 1.165) is 35.0 Å². The average Bonchev–Trinajstić information content (AvgIpc) is 3.22. The second kappa shape index (κ2) is 9.73. The van der Waals surface area contributed by atoms with Crippen LogP contribution >= 0.6 is 27.5 Å². The molecule has 0 bridgehead atoms. The molecule has 1 aromatic heterocycles. The van der Waals surface area contributed by atoms with Gasteiger partial charge >= 0.3 is 0 Å². The molecule has 4 rings (SSSR count). The molecule has 1 fully saturated rings. The van der Waals surface area contributed by atoms with Crippen molar-refractivity contribution in [3.63, 3.8) is 0 Å². The van der Waals surface area contributed by atoms with Crippen LogP contribution in [0.25, 0.3) is 11.4 Å². The number of hydrogen-bond acceptors (Lipinski definition) is 5. The lowest BCUT2D eigenvalue weighted by Gasteiger charge is -2.30. The van der Waals surface area contributed by atoms with E-state index in [9.17, 15) is 4.79 Å². The van der Waals surface area contributed by atoms with Crippen molar-refractivity contribution < 1.29 is 9.32 Å². The number of aromatic nitrogens is 2. The van der Waals surface area contributed by atoms with Gasteiger partial charge in [-0.05, 0) is 61.3 Å². The van der Waals surface area contributed by atoms with Crippen molar-refractivity contribution in [1.82, 2.24) is 20.4 Å². The van der Waals surface area contributed by atoms with Crippen molar-refractivity contribution in [3.8, 4) is 11.4 Å². The first-order chi connectivity index (χ1) is 14.6. The van der Waals surface area contributed by atoms with Crippen molar-refractivity contribution >= 4 is 33.4 Å². The number of hydrogen-bond donors (Lipinski definition) is 1. The number of likely N-dealkylation sites (tertiary alicyclic amines) is 1. The zero-order valence-electron chi connectivity index (χ0n) is 16.4. The first kappa shape index (κ1) is 21.0. The first-order valence-electron chi connectivity index (χ1n) is 9.90. The normalized spacial score (nSPS) is 17.1. The molecule has 0 saturated carbocycles. The Morgan fingerprint density at radius 1 is 1.20 bits per heavy atom. The van der Waals surface area contributed by atoms with E-state index >= 15 is 0 Å².